The van der Waals surface area contributed by atoms with Crippen molar-refractivity contribution in [3.8, 4) is 28.7 Å². The molecule has 0 bridgehead atoms. The molecule has 41 heavy (non-hydrogen) atoms. The Hall–Kier alpha value is -3.31. The van der Waals surface area contributed by atoms with E-state index in [1.807, 2.05) is 53.4 Å². The second-order valence-corrected chi connectivity index (χ2v) is 11.1. The van der Waals surface area contributed by atoms with Crippen LogP contribution in [0.4, 0.5) is 0 Å². The molecule has 7 nitrogen and oxygen atoms in total. The third-order valence-electron chi connectivity index (χ3n) is 6.90. The molecule has 1 atom stereocenters. The molecule has 0 saturated heterocycles. The van der Waals surface area contributed by atoms with Crippen LogP contribution in [0, 0.1) is 0 Å². The molecule has 3 aromatic rings. The Morgan fingerprint density at radius 2 is 1.41 bits per heavy atom. The van der Waals surface area contributed by atoms with E-state index in [0.717, 1.165) is 18.4 Å². The van der Waals surface area contributed by atoms with E-state index in [1.165, 1.54) is 83.5 Å². The van der Waals surface area contributed by atoms with Gasteiger partial charge in [-0.3, -0.25) is 0 Å². The minimum atomic E-state index is -2.55. The summed E-state index contributed by atoms with van der Waals surface area (Å²) in [4.78, 5) is 0. The van der Waals surface area contributed by atoms with Gasteiger partial charge in [0.05, 0.1) is 13.7 Å². The molecule has 1 unspecified atom stereocenters. The fourth-order valence-electron chi connectivity index (χ4n) is 4.69. The van der Waals surface area contributed by atoms with Crippen LogP contribution >= 0.6 is 8.25 Å². The van der Waals surface area contributed by atoms with Gasteiger partial charge in [-0.05, 0) is 30.7 Å². The van der Waals surface area contributed by atoms with Crippen LogP contribution in [-0.2, 0) is 11.1 Å². The Kier molecular flexibility index (Phi) is 14.9. The van der Waals surface area contributed by atoms with Crippen molar-refractivity contribution >= 4 is 8.25 Å². The number of hydrogen-bond acceptors (Lipinski definition) is 6. The fourth-order valence-corrected chi connectivity index (χ4v) is 5.32. The summed E-state index contributed by atoms with van der Waals surface area (Å²) in [5.41, 5.74) is 0.998. The standard InChI is InChI=1S/C33H45NO6P/c1-3-4-5-6-7-8-9-10-11-12-13-17-25-38-32-30(35)21-22-31(33(32)37-2)40-41(36)39-29-20-18-19-28(26-29)27-34-23-15-14-16-24-34/h14-16,18-24,26H,3-13,17,25,27H2,1-2H3/q+1/p+1. The maximum atomic E-state index is 12.7. The Bertz CT molecular complexity index is 1170. The highest BCUT2D eigenvalue weighted by atomic mass is 31.1. The van der Waals surface area contributed by atoms with E-state index in [2.05, 4.69) is 6.92 Å². The van der Waals surface area contributed by atoms with Crippen molar-refractivity contribution in [3.05, 3.63) is 72.6 Å². The van der Waals surface area contributed by atoms with Crippen LogP contribution in [0.1, 0.15) is 89.5 Å². The maximum Gasteiger partial charge on any atom is 0.805 e. The van der Waals surface area contributed by atoms with E-state index in [0.29, 0.717) is 18.9 Å². The average molecular weight is 584 g/mol. The number of nitrogens with zero attached hydrogens (tertiary/aromatic N) is 1. The van der Waals surface area contributed by atoms with E-state index < -0.39 is 8.25 Å². The van der Waals surface area contributed by atoms with E-state index in [9.17, 15) is 9.67 Å². The van der Waals surface area contributed by atoms with Gasteiger partial charge in [0.15, 0.2) is 30.4 Å². The summed E-state index contributed by atoms with van der Waals surface area (Å²) in [6.07, 6.45) is 19.1. The highest BCUT2D eigenvalue weighted by Gasteiger charge is 2.29. The number of methoxy groups -OCH3 is 1. The number of phenolic OH excluding ortho intramolecular Hbond substituents is 1. The second-order valence-electron chi connectivity index (χ2n) is 10.3. The smallest absolute Gasteiger partial charge is 0.504 e. The van der Waals surface area contributed by atoms with Gasteiger partial charge in [-0.1, -0.05) is 95.8 Å². The van der Waals surface area contributed by atoms with Gasteiger partial charge in [-0.25, -0.2) is 13.6 Å². The Morgan fingerprint density at radius 3 is 2.07 bits per heavy atom. The monoisotopic (exact) mass is 583 g/mol. The number of ether oxygens (including phenoxy) is 2. The summed E-state index contributed by atoms with van der Waals surface area (Å²) < 4.78 is 37.3. The molecule has 0 aliphatic heterocycles. The summed E-state index contributed by atoms with van der Waals surface area (Å²) in [5, 5.41) is 10.4. The molecule has 2 aromatic carbocycles. The van der Waals surface area contributed by atoms with E-state index in [1.54, 1.807) is 6.07 Å². The lowest BCUT2D eigenvalue weighted by Gasteiger charge is -2.13. The number of aromatic nitrogens is 1. The topological polar surface area (TPSA) is 78.1 Å². The summed E-state index contributed by atoms with van der Waals surface area (Å²) in [7, 11) is -1.10. The molecule has 222 valence electrons. The Morgan fingerprint density at radius 1 is 0.756 bits per heavy atom. The second kappa shape index (κ2) is 18.9. The summed E-state index contributed by atoms with van der Waals surface area (Å²) in [6.45, 7) is 3.35. The molecule has 1 aromatic heterocycles. The van der Waals surface area contributed by atoms with Crippen molar-refractivity contribution in [1.82, 2.24) is 0 Å². The number of pyridine rings is 1. The van der Waals surface area contributed by atoms with Crippen LogP contribution in [0.15, 0.2) is 67.0 Å². The number of benzene rings is 2. The predicted molar refractivity (Wildman–Crippen MR) is 162 cm³/mol. The van der Waals surface area contributed by atoms with Gasteiger partial charge < -0.3 is 14.6 Å². The molecule has 0 spiro atoms. The van der Waals surface area contributed by atoms with Crippen molar-refractivity contribution in [1.29, 1.82) is 0 Å². The van der Waals surface area contributed by atoms with Crippen LogP contribution in [0.3, 0.4) is 0 Å². The summed E-state index contributed by atoms with van der Waals surface area (Å²) in [6, 6.07) is 16.2. The zero-order chi connectivity index (χ0) is 29.1. The summed E-state index contributed by atoms with van der Waals surface area (Å²) in [5.74, 6) is 0.910. The van der Waals surface area contributed by atoms with E-state index in [-0.39, 0.29) is 23.0 Å². The number of phenols is 1. The van der Waals surface area contributed by atoms with Gasteiger partial charge in [0.1, 0.15) is 0 Å². The fraction of sp³-hybridized carbons (Fsp3) is 0.485. The normalized spacial score (nSPS) is 11.2. The molecule has 0 amide bonds. The van der Waals surface area contributed by atoms with E-state index in [4.69, 9.17) is 18.5 Å². The van der Waals surface area contributed by atoms with E-state index >= 15 is 0 Å². The highest BCUT2D eigenvalue weighted by molar-refractivity contribution is 7.34. The zero-order valence-electron chi connectivity index (χ0n) is 24.6. The lowest BCUT2D eigenvalue weighted by molar-refractivity contribution is -0.688. The average Bonchev–Trinajstić information content (AvgIpc) is 2.97. The van der Waals surface area contributed by atoms with Crippen LogP contribution in [0.2, 0.25) is 0 Å². The van der Waals surface area contributed by atoms with Gasteiger partial charge in [-0.15, -0.1) is 0 Å². The van der Waals surface area contributed by atoms with Crippen molar-refractivity contribution in [3.63, 3.8) is 0 Å². The largest absolute Gasteiger partial charge is 0.805 e. The first-order valence-corrected chi connectivity index (χ1v) is 16.1. The van der Waals surface area contributed by atoms with Crippen molar-refractivity contribution < 1.29 is 32.8 Å². The lowest BCUT2D eigenvalue weighted by Crippen LogP contribution is -2.32. The lowest BCUT2D eigenvalue weighted by atomic mass is 10.1. The van der Waals surface area contributed by atoms with Gasteiger partial charge in [-0.2, -0.15) is 0 Å². The third kappa shape index (κ3) is 12.0. The molecule has 8 heteroatoms. The van der Waals surface area contributed by atoms with Crippen molar-refractivity contribution in [2.75, 3.05) is 13.7 Å². The minimum Gasteiger partial charge on any atom is -0.504 e. The van der Waals surface area contributed by atoms with Crippen molar-refractivity contribution in [2.45, 2.75) is 90.5 Å². The number of rotatable bonds is 21. The molecule has 0 saturated carbocycles. The molecule has 0 aliphatic rings. The third-order valence-corrected chi connectivity index (χ3v) is 7.60. The predicted octanol–water partition coefficient (Wildman–Crippen LogP) is 8.93. The maximum absolute atomic E-state index is 12.7. The molecule has 0 aliphatic carbocycles. The molecular formula is C33H46NO6P+2. The van der Waals surface area contributed by atoms with Crippen LogP contribution in [0.5, 0.6) is 28.7 Å². The molecule has 1 N–H and O–H groups in total. The van der Waals surface area contributed by atoms with Gasteiger partial charge in [0.25, 0.3) is 0 Å². The molecule has 1 heterocycles. The molecule has 0 radical (unpaired) electrons. The van der Waals surface area contributed by atoms with Gasteiger partial charge >= 0.3 is 8.25 Å². The zero-order valence-corrected chi connectivity index (χ0v) is 25.5. The van der Waals surface area contributed by atoms with Crippen LogP contribution in [-0.4, -0.2) is 18.8 Å². The quantitative estimate of drug-likeness (QED) is 0.0766. The minimum absolute atomic E-state index is 0.0598. The number of hydrogen-bond donors (Lipinski definition) is 1. The van der Waals surface area contributed by atoms with Crippen molar-refractivity contribution in [2.24, 2.45) is 0 Å². The summed E-state index contributed by atoms with van der Waals surface area (Å²) >= 11 is 0. The first-order valence-electron chi connectivity index (χ1n) is 15.0. The first-order chi connectivity index (χ1) is 20.1. The first kappa shape index (κ1) is 32.2. The Labute approximate surface area is 246 Å². The molecular weight excluding hydrogens is 537 g/mol. The Balaban J connectivity index is 1.42. The highest BCUT2D eigenvalue weighted by Crippen LogP contribution is 2.46. The molecule has 0 fully saturated rings. The van der Waals surface area contributed by atoms with Gasteiger partial charge in [0.2, 0.25) is 17.2 Å². The number of unbranched alkanes of at least 4 members (excludes halogenated alkanes) is 11. The van der Waals surface area contributed by atoms with Crippen LogP contribution < -0.4 is 23.1 Å². The molecule has 3 rings (SSSR count). The number of aromatic hydroxyl groups is 1. The van der Waals surface area contributed by atoms with Crippen LogP contribution in [0.25, 0.3) is 0 Å². The SMILES string of the molecule is CCCCCCCCCCCCCCOc1c(O)ccc(O[P+](=O)Oc2cccc(C[n+]3ccccc3)c2)c1OC. The van der Waals surface area contributed by atoms with Gasteiger partial charge in [0, 0.05) is 22.3 Å².